The highest BCUT2D eigenvalue weighted by atomic mass is 16.5. The summed E-state index contributed by atoms with van der Waals surface area (Å²) in [4.78, 5) is 11.1. The second kappa shape index (κ2) is 6.52. The normalized spacial score (nSPS) is 11.4. The summed E-state index contributed by atoms with van der Waals surface area (Å²) in [5.74, 6) is 0.862. The minimum Gasteiger partial charge on any atom is -0.494 e. The maximum atomic E-state index is 11.1. The van der Waals surface area contributed by atoms with Crippen LogP contribution in [0.4, 0.5) is 0 Å². The highest BCUT2D eigenvalue weighted by Gasteiger charge is 2.24. The number of aromatic nitrogens is 3. The van der Waals surface area contributed by atoms with Crippen LogP contribution in [-0.2, 0) is 12.0 Å². The van der Waals surface area contributed by atoms with Crippen molar-refractivity contribution in [3.8, 4) is 5.75 Å². The van der Waals surface area contributed by atoms with Gasteiger partial charge in [-0.05, 0) is 12.1 Å². The molecular formula is C16H21N3O2. The molecule has 1 aromatic carbocycles. The summed E-state index contributed by atoms with van der Waals surface area (Å²) < 4.78 is 7.46. The third-order valence-electron chi connectivity index (χ3n) is 3.11. The average Bonchev–Trinajstić information content (AvgIpc) is 2.88. The molecule has 1 heterocycles. The third-order valence-corrected chi connectivity index (χ3v) is 3.11. The zero-order valence-electron chi connectivity index (χ0n) is 12.7. The number of carbonyl (C=O) groups excluding carboxylic acids is 1. The summed E-state index contributed by atoms with van der Waals surface area (Å²) in [7, 11) is 0. The Hall–Kier alpha value is -2.17. The van der Waals surface area contributed by atoms with Crippen LogP contribution in [0.2, 0.25) is 0 Å². The Morgan fingerprint density at radius 2 is 1.95 bits per heavy atom. The van der Waals surface area contributed by atoms with Gasteiger partial charge < -0.3 is 4.74 Å². The van der Waals surface area contributed by atoms with Gasteiger partial charge in [-0.3, -0.25) is 4.79 Å². The Balaban J connectivity index is 1.95. The fourth-order valence-electron chi connectivity index (χ4n) is 2.25. The number of hydrogen-bond donors (Lipinski definition) is 0. The van der Waals surface area contributed by atoms with E-state index in [1.165, 1.54) is 0 Å². The maximum Gasteiger partial charge on any atom is 0.172 e. The van der Waals surface area contributed by atoms with Crippen LogP contribution < -0.4 is 4.74 Å². The molecule has 0 fully saturated rings. The minimum atomic E-state index is -0.167. The van der Waals surface area contributed by atoms with Gasteiger partial charge in [-0.1, -0.05) is 44.2 Å². The molecule has 0 radical (unpaired) electrons. The van der Waals surface area contributed by atoms with E-state index in [4.69, 9.17) is 4.74 Å². The molecule has 21 heavy (non-hydrogen) atoms. The van der Waals surface area contributed by atoms with Gasteiger partial charge >= 0.3 is 0 Å². The van der Waals surface area contributed by atoms with Crippen LogP contribution in [0.15, 0.2) is 30.3 Å². The largest absolute Gasteiger partial charge is 0.494 e. The van der Waals surface area contributed by atoms with Crippen molar-refractivity contribution >= 4 is 6.29 Å². The standard InChI is InChI=1S/C16H21N3O2/c1-16(2,3)15-14(12-20)17-18-19(15)10-7-11-21-13-8-5-4-6-9-13/h4-6,8-9,12H,7,10-11H2,1-3H3. The van der Waals surface area contributed by atoms with Crippen molar-refractivity contribution in [2.45, 2.75) is 39.2 Å². The fraction of sp³-hybridized carbons (Fsp3) is 0.438. The lowest BCUT2D eigenvalue weighted by molar-refractivity contribution is 0.111. The molecule has 0 unspecified atom stereocenters. The maximum absolute atomic E-state index is 11.1. The van der Waals surface area contributed by atoms with Gasteiger partial charge in [-0.25, -0.2) is 4.68 Å². The lowest BCUT2D eigenvalue weighted by Crippen LogP contribution is -2.21. The molecule has 2 aromatic rings. The predicted molar refractivity (Wildman–Crippen MR) is 80.7 cm³/mol. The van der Waals surface area contributed by atoms with Crippen molar-refractivity contribution < 1.29 is 9.53 Å². The molecule has 0 bridgehead atoms. The molecule has 5 heteroatoms. The first-order chi connectivity index (χ1) is 10.0. The number of aryl methyl sites for hydroxylation is 1. The van der Waals surface area contributed by atoms with Crippen LogP contribution in [0.25, 0.3) is 0 Å². The summed E-state index contributed by atoms with van der Waals surface area (Å²) >= 11 is 0. The Morgan fingerprint density at radius 3 is 2.57 bits per heavy atom. The average molecular weight is 287 g/mol. The predicted octanol–water partition coefficient (Wildman–Crippen LogP) is 2.86. The second-order valence-electron chi connectivity index (χ2n) is 5.93. The van der Waals surface area contributed by atoms with Crippen LogP contribution >= 0.6 is 0 Å². The second-order valence-corrected chi connectivity index (χ2v) is 5.93. The molecule has 2 rings (SSSR count). The van der Waals surface area contributed by atoms with E-state index >= 15 is 0 Å². The van der Waals surface area contributed by atoms with E-state index in [1.54, 1.807) is 4.68 Å². The topological polar surface area (TPSA) is 57.0 Å². The number of hydrogen-bond acceptors (Lipinski definition) is 4. The summed E-state index contributed by atoms with van der Waals surface area (Å²) in [6.45, 7) is 7.44. The van der Waals surface area contributed by atoms with E-state index in [-0.39, 0.29) is 5.41 Å². The lowest BCUT2D eigenvalue weighted by Gasteiger charge is -2.20. The van der Waals surface area contributed by atoms with Crippen LogP contribution in [0, 0.1) is 0 Å². The first-order valence-electron chi connectivity index (χ1n) is 7.09. The van der Waals surface area contributed by atoms with E-state index in [2.05, 4.69) is 31.1 Å². The zero-order chi connectivity index (χ0) is 15.3. The molecule has 0 amide bonds. The molecule has 0 N–H and O–H groups in total. The summed E-state index contributed by atoms with van der Waals surface area (Å²) in [6, 6.07) is 9.71. The Labute approximate surface area is 124 Å². The van der Waals surface area contributed by atoms with Crippen molar-refractivity contribution in [3.05, 3.63) is 41.7 Å². The van der Waals surface area contributed by atoms with Gasteiger partial charge in [-0.2, -0.15) is 0 Å². The number of aldehydes is 1. The molecule has 0 spiro atoms. The van der Waals surface area contributed by atoms with E-state index in [9.17, 15) is 4.79 Å². The fourth-order valence-corrected chi connectivity index (χ4v) is 2.25. The summed E-state index contributed by atoms with van der Waals surface area (Å²) in [5.41, 5.74) is 1.13. The number of rotatable bonds is 6. The smallest absolute Gasteiger partial charge is 0.172 e. The molecule has 1 aromatic heterocycles. The van der Waals surface area contributed by atoms with Gasteiger partial charge in [0.15, 0.2) is 6.29 Å². The minimum absolute atomic E-state index is 0.167. The Kier molecular flexibility index (Phi) is 4.73. The molecule has 0 aliphatic rings. The zero-order valence-corrected chi connectivity index (χ0v) is 12.7. The molecular weight excluding hydrogens is 266 g/mol. The van der Waals surface area contributed by atoms with E-state index in [1.807, 2.05) is 30.3 Å². The van der Waals surface area contributed by atoms with Gasteiger partial charge in [0.1, 0.15) is 11.4 Å². The number of ether oxygens (including phenoxy) is 1. The van der Waals surface area contributed by atoms with Gasteiger partial charge in [-0.15, -0.1) is 5.10 Å². The van der Waals surface area contributed by atoms with Crippen LogP contribution in [-0.4, -0.2) is 27.9 Å². The first kappa shape index (κ1) is 15.2. The van der Waals surface area contributed by atoms with Crippen molar-refractivity contribution in [1.29, 1.82) is 0 Å². The molecule has 0 atom stereocenters. The quantitative estimate of drug-likeness (QED) is 0.605. The number of carbonyl (C=O) groups is 1. The van der Waals surface area contributed by atoms with Crippen molar-refractivity contribution in [2.75, 3.05) is 6.61 Å². The lowest BCUT2D eigenvalue weighted by atomic mass is 9.90. The number of nitrogens with zero attached hydrogens (tertiary/aromatic N) is 3. The molecule has 0 aliphatic carbocycles. The highest BCUT2D eigenvalue weighted by molar-refractivity contribution is 5.73. The molecule has 0 saturated heterocycles. The molecule has 0 saturated carbocycles. The first-order valence-corrected chi connectivity index (χ1v) is 7.09. The van der Waals surface area contributed by atoms with Gasteiger partial charge in [0.25, 0.3) is 0 Å². The highest BCUT2D eigenvalue weighted by Crippen LogP contribution is 2.23. The van der Waals surface area contributed by atoms with Gasteiger partial charge in [0.2, 0.25) is 0 Å². The van der Waals surface area contributed by atoms with E-state index in [0.717, 1.165) is 24.2 Å². The number of para-hydroxylation sites is 1. The molecule has 0 aliphatic heterocycles. The molecule has 5 nitrogen and oxygen atoms in total. The van der Waals surface area contributed by atoms with Crippen molar-refractivity contribution in [1.82, 2.24) is 15.0 Å². The number of benzene rings is 1. The Morgan fingerprint density at radius 1 is 1.24 bits per heavy atom. The monoisotopic (exact) mass is 287 g/mol. The Bertz CT molecular complexity index is 585. The van der Waals surface area contributed by atoms with Crippen molar-refractivity contribution in [3.63, 3.8) is 0 Å². The van der Waals surface area contributed by atoms with Crippen LogP contribution in [0.5, 0.6) is 5.75 Å². The third kappa shape index (κ3) is 3.90. The van der Waals surface area contributed by atoms with Crippen LogP contribution in [0.1, 0.15) is 43.4 Å². The van der Waals surface area contributed by atoms with Gasteiger partial charge in [0, 0.05) is 18.4 Å². The van der Waals surface area contributed by atoms with E-state index in [0.29, 0.717) is 18.8 Å². The molecule has 112 valence electrons. The van der Waals surface area contributed by atoms with E-state index < -0.39 is 0 Å². The summed E-state index contributed by atoms with van der Waals surface area (Å²) in [5, 5.41) is 8.02. The summed E-state index contributed by atoms with van der Waals surface area (Å²) in [6.07, 6.45) is 1.57. The van der Waals surface area contributed by atoms with Crippen molar-refractivity contribution in [2.24, 2.45) is 0 Å². The van der Waals surface area contributed by atoms with Gasteiger partial charge in [0.05, 0.1) is 12.3 Å². The van der Waals surface area contributed by atoms with Crippen LogP contribution in [0.3, 0.4) is 0 Å². The SMILES string of the molecule is CC(C)(C)c1c(C=O)nnn1CCCOc1ccccc1.